The van der Waals surface area contributed by atoms with Gasteiger partial charge in [-0.05, 0) is 49.0 Å². The summed E-state index contributed by atoms with van der Waals surface area (Å²) in [6, 6.07) is 0. The van der Waals surface area contributed by atoms with Crippen LogP contribution in [-0.4, -0.2) is 74.6 Å². The Labute approximate surface area is 96.0 Å². The second-order valence-electron chi connectivity index (χ2n) is 5.76. The molecule has 0 rings (SSSR count). The van der Waals surface area contributed by atoms with Crippen LogP contribution in [0.3, 0.4) is 0 Å². The SMILES string of the molecule is CN(C)CCN(CCN(C)C)C(C)(C)C. The maximum absolute atomic E-state index is 2.55. The highest BCUT2D eigenvalue weighted by Gasteiger charge is 2.20. The number of hydrogen-bond acceptors (Lipinski definition) is 3. The summed E-state index contributed by atoms with van der Waals surface area (Å²) in [5, 5.41) is 0. The number of nitrogens with zero attached hydrogens (tertiary/aromatic N) is 3. The zero-order valence-corrected chi connectivity index (χ0v) is 11.7. The second kappa shape index (κ2) is 6.46. The highest BCUT2D eigenvalue weighted by Crippen LogP contribution is 2.12. The highest BCUT2D eigenvalue weighted by atomic mass is 15.2. The van der Waals surface area contributed by atoms with Gasteiger partial charge >= 0.3 is 0 Å². The topological polar surface area (TPSA) is 9.72 Å². The molecule has 0 unspecified atom stereocenters. The maximum Gasteiger partial charge on any atom is 0.0126 e. The van der Waals surface area contributed by atoms with Crippen molar-refractivity contribution < 1.29 is 0 Å². The van der Waals surface area contributed by atoms with Gasteiger partial charge in [0.2, 0.25) is 0 Å². The van der Waals surface area contributed by atoms with Gasteiger partial charge in [-0.15, -0.1) is 0 Å². The van der Waals surface area contributed by atoms with Crippen LogP contribution >= 0.6 is 0 Å². The largest absolute Gasteiger partial charge is 0.308 e. The lowest BCUT2D eigenvalue weighted by Crippen LogP contribution is -2.47. The van der Waals surface area contributed by atoms with Gasteiger partial charge in [-0.2, -0.15) is 0 Å². The Morgan fingerprint density at radius 2 is 1.00 bits per heavy atom. The third kappa shape index (κ3) is 7.77. The van der Waals surface area contributed by atoms with E-state index >= 15 is 0 Å². The molecule has 0 heterocycles. The van der Waals surface area contributed by atoms with Crippen LogP contribution in [-0.2, 0) is 0 Å². The molecule has 0 fully saturated rings. The van der Waals surface area contributed by atoms with Gasteiger partial charge in [0.05, 0.1) is 0 Å². The Hall–Kier alpha value is -0.120. The van der Waals surface area contributed by atoms with Gasteiger partial charge in [-0.3, -0.25) is 4.90 Å². The first-order valence-electron chi connectivity index (χ1n) is 5.78. The van der Waals surface area contributed by atoms with E-state index in [0.29, 0.717) is 0 Å². The van der Waals surface area contributed by atoms with E-state index in [2.05, 4.69) is 63.7 Å². The Bertz CT molecular complexity index is 147. The van der Waals surface area contributed by atoms with E-state index in [0.717, 1.165) is 26.2 Å². The maximum atomic E-state index is 2.55. The van der Waals surface area contributed by atoms with Crippen molar-refractivity contribution in [1.29, 1.82) is 0 Å². The van der Waals surface area contributed by atoms with Gasteiger partial charge < -0.3 is 9.80 Å². The van der Waals surface area contributed by atoms with E-state index in [1.165, 1.54) is 0 Å². The lowest BCUT2D eigenvalue weighted by molar-refractivity contribution is 0.115. The molecule has 92 valence electrons. The quantitative estimate of drug-likeness (QED) is 0.659. The van der Waals surface area contributed by atoms with E-state index in [-0.39, 0.29) is 5.54 Å². The fraction of sp³-hybridized carbons (Fsp3) is 1.00. The van der Waals surface area contributed by atoms with Crippen molar-refractivity contribution in [3.63, 3.8) is 0 Å². The molecular weight excluding hydrogens is 186 g/mol. The predicted octanol–water partition coefficient (Wildman–Crippen LogP) is 1.21. The molecule has 0 saturated heterocycles. The van der Waals surface area contributed by atoms with E-state index in [1.54, 1.807) is 0 Å². The molecule has 0 aliphatic carbocycles. The molecule has 0 aromatic rings. The Morgan fingerprint density at radius 1 is 0.667 bits per heavy atom. The summed E-state index contributed by atoms with van der Waals surface area (Å²) in [7, 11) is 8.53. The van der Waals surface area contributed by atoms with Crippen LogP contribution in [0.2, 0.25) is 0 Å². The Balaban J connectivity index is 4.08. The van der Waals surface area contributed by atoms with Gasteiger partial charge in [0.1, 0.15) is 0 Å². The van der Waals surface area contributed by atoms with E-state index in [4.69, 9.17) is 0 Å². The summed E-state index contributed by atoms with van der Waals surface area (Å²) in [6.45, 7) is 11.4. The van der Waals surface area contributed by atoms with Crippen LogP contribution in [0.15, 0.2) is 0 Å². The second-order valence-corrected chi connectivity index (χ2v) is 5.76. The number of hydrogen-bond donors (Lipinski definition) is 0. The third-order valence-corrected chi connectivity index (χ3v) is 2.58. The summed E-state index contributed by atoms with van der Waals surface area (Å²) in [5.41, 5.74) is 0.270. The van der Waals surface area contributed by atoms with Crippen molar-refractivity contribution in [1.82, 2.24) is 14.7 Å². The summed E-state index contributed by atoms with van der Waals surface area (Å²) < 4.78 is 0. The van der Waals surface area contributed by atoms with Crippen molar-refractivity contribution in [3.05, 3.63) is 0 Å². The number of likely N-dealkylation sites (N-methyl/N-ethyl adjacent to an activating group) is 2. The number of rotatable bonds is 6. The van der Waals surface area contributed by atoms with Crippen LogP contribution in [0.5, 0.6) is 0 Å². The van der Waals surface area contributed by atoms with Gasteiger partial charge in [-0.1, -0.05) is 0 Å². The Kier molecular flexibility index (Phi) is 6.41. The van der Waals surface area contributed by atoms with Crippen molar-refractivity contribution in [3.8, 4) is 0 Å². The molecule has 0 radical (unpaired) electrons. The van der Waals surface area contributed by atoms with E-state index < -0.39 is 0 Å². The van der Waals surface area contributed by atoms with E-state index in [9.17, 15) is 0 Å². The summed E-state index contributed by atoms with van der Waals surface area (Å²) >= 11 is 0. The smallest absolute Gasteiger partial charge is 0.0126 e. The van der Waals surface area contributed by atoms with Gasteiger partial charge in [-0.25, -0.2) is 0 Å². The first-order valence-corrected chi connectivity index (χ1v) is 5.78. The minimum absolute atomic E-state index is 0.270. The molecular formula is C12H29N3. The van der Waals surface area contributed by atoms with Crippen LogP contribution in [0.4, 0.5) is 0 Å². The van der Waals surface area contributed by atoms with E-state index in [1.807, 2.05) is 0 Å². The molecule has 3 heteroatoms. The predicted molar refractivity (Wildman–Crippen MR) is 68.4 cm³/mol. The molecule has 0 saturated carbocycles. The minimum atomic E-state index is 0.270. The molecule has 15 heavy (non-hydrogen) atoms. The normalized spacial score (nSPS) is 13.2. The molecule has 0 aromatic heterocycles. The fourth-order valence-corrected chi connectivity index (χ4v) is 1.42. The summed E-state index contributed by atoms with van der Waals surface area (Å²) in [6.07, 6.45) is 0. The van der Waals surface area contributed by atoms with Crippen molar-refractivity contribution in [2.75, 3.05) is 54.4 Å². The standard InChI is InChI=1S/C12H29N3/c1-12(2,3)15(10-8-13(4)5)11-9-14(6)7/h8-11H2,1-7H3. The van der Waals surface area contributed by atoms with Crippen molar-refractivity contribution in [2.45, 2.75) is 26.3 Å². The lowest BCUT2D eigenvalue weighted by Gasteiger charge is -2.37. The van der Waals surface area contributed by atoms with Crippen LogP contribution in [0, 0.1) is 0 Å². The Morgan fingerprint density at radius 3 is 1.20 bits per heavy atom. The minimum Gasteiger partial charge on any atom is -0.308 e. The average molecular weight is 215 g/mol. The first kappa shape index (κ1) is 14.9. The van der Waals surface area contributed by atoms with Crippen LogP contribution in [0.1, 0.15) is 20.8 Å². The molecule has 3 nitrogen and oxygen atoms in total. The van der Waals surface area contributed by atoms with Gasteiger partial charge in [0, 0.05) is 31.7 Å². The van der Waals surface area contributed by atoms with Crippen LogP contribution < -0.4 is 0 Å². The molecule has 0 N–H and O–H groups in total. The molecule has 0 aliphatic heterocycles. The highest BCUT2D eigenvalue weighted by molar-refractivity contribution is 4.77. The average Bonchev–Trinajstić information content (AvgIpc) is 2.00. The van der Waals surface area contributed by atoms with Gasteiger partial charge in [0.25, 0.3) is 0 Å². The third-order valence-electron chi connectivity index (χ3n) is 2.58. The lowest BCUT2D eigenvalue weighted by atomic mass is 10.1. The molecule has 0 atom stereocenters. The first-order chi connectivity index (χ1) is 6.73. The van der Waals surface area contributed by atoms with Crippen molar-refractivity contribution >= 4 is 0 Å². The summed E-state index contributed by atoms with van der Waals surface area (Å²) in [4.78, 5) is 7.04. The van der Waals surface area contributed by atoms with Crippen LogP contribution in [0.25, 0.3) is 0 Å². The molecule has 0 bridgehead atoms. The summed E-state index contributed by atoms with van der Waals surface area (Å²) in [5.74, 6) is 0. The van der Waals surface area contributed by atoms with Gasteiger partial charge in [0.15, 0.2) is 0 Å². The zero-order chi connectivity index (χ0) is 12.1. The molecule has 0 amide bonds. The molecule has 0 spiro atoms. The monoisotopic (exact) mass is 215 g/mol. The van der Waals surface area contributed by atoms with Crippen molar-refractivity contribution in [2.24, 2.45) is 0 Å². The molecule has 0 aromatic carbocycles. The molecule has 0 aliphatic rings. The zero-order valence-electron chi connectivity index (χ0n) is 11.7. The fourth-order valence-electron chi connectivity index (χ4n) is 1.42.